The Kier molecular flexibility index (Phi) is 5.47. The van der Waals surface area contributed by atoms with Crippen molar-refractivity contribution in [3.8, 4) is 0 Å². The fourth-order valence-corrected chi connectivity index (χ4v) is 3.22. The van der Waals surface area contributed by atoms with Crippen LogP contribution in [0, 0.1) is 5.41 Å². The number of nitrogens with zero attached hydrogens (tertiary/aromatic N) is 1. The molecule has 4 heteroatoms. The summed E-state index contributed by atoms with van der Waals surface area (Å²) >= 11 is 0. The molecule has 1 saturated carbocycles. The van der Waals surface area contributed by atoms with Gasteiger partial charge >= 0.3 is 0 Å². The zero-order chi connectivity index (χ0) is 11.0. The van der Waals surface area contributed by atoms with Gasteiger partial charge in [0.15, 0.2) is 0 Å². The van der Waals surface area contributed by atoms with Crippen molar-refractivity contribution < 1.29 is 0 Å². The maximum Gasteiger partial charge on any atom is 0.0237 e. The number of hydrogen-bond acceptors (Lipinski definition) is 2. The quantitative estimate of drug-likeness (QED) is 0.907. The van der Waals surface area contributed by atoms with Gasteiger partial charge in [0, 0.05) is 25.7 Å². The van der Waals surface area contributed by atoms with Crippen LogP contribution in [0.25, 0.3) is 0 Å². The molecule has 2 N–H and O–H groups in total. The second kappa shape index (κ2) is 6.25. The Bertz CT molecular complexity index is 365. The molecule has 1 aromatic carbocycles. The predicted molar refractivity (Wildman–Crippen MR) is 80.5 cm³/mol. The van der Waals surface area contributed by atoms with E-state index in [4.69, 9.17) is 5.73 Å². The van der Waals surface area contributed by atoms with E-state index in [-0.39, 0.29) is 24.8 Å². The molecule has 18 heavy (non-hydrogen) atoms. The van der Waals surface area contributed by atoms with E-state index in [1.54, 1.807) is 0 Å². The molecule has 1 aliphatic heterocycles. The number of benzene rings is 1. The zero-order valence-electron chi connectivity index (χ0n) is 10.5. The molecule has 1 heterocycles. The summed E-state index contributed by atoms with van der Waals surface area (Å²) < 4.78 is 0. The summed E-state index contributed by atoms with van der Waals surface area (Å²) in [5.74, 6) is 0. The summed E-state index contributed by atoms with van der Waals surface area (Å²) in [4.78, 5) is 2.53. The van der Waals surface area contributed by atoms with E-state index in [9.17, 15) is 0 Å². The van der Waals surface area contributed by atoms with Crippen LogP contribution in [0.2, 0.25) is 0 Å². The third kappa shape index (κ3) is 2.83. The minimum Gasteiger partial charge on any atom is -0.326 e. The molecule has 0 radical (unpaired) electrons. The second-order valence-corrected chi connectivity index (χ2v) is 5.48. The Balaban J connectivity index is 0.000000810. The first kappa shape index (κ1) is 15.8. The van der Waals surface area contributed by atoms with E-state index in [0.29, 0.717) is 11.5 Å². The van der Waals surface area contributed by atoms with Crippen molar-refractivity contribution in [3.63, 3.8) is 0 Å². The molecule has 0 bridgehead atoms. The maximum atomic E-state index is 6.28. The van der Waals surface area contributed by atoms with Crippen molar-refractivity contribution in [2.75, 3.05) is 13.1 Å². The van der Waals surface area contributed by atoms with Gasteiger partial charge in [-0.3, -0.25) is 4.90 Å². The molecular formula is C14H22Cl2N2. The average Bonchev–Trinajstić information content (AvgIpc) is 2.56. The lowest BCUT2D eigenvalue weighted by Gasteiger charge is -2.41. The molecule has 2 fully saturated rings. The van der Waals surface area contributed by atoms with E-state index in [1.807, 2.05) is 0 Å². The predicted octanol–water partition coefficient (Wildman–Crippen LogP) is 2.84. The fraction of sp³-hybridized carbons (Fsp3) is 0.571. The Labute approximate surface area is 122 Å². The summed E-state index contributed by atoms with van der Waals surface area (Å²) in [6.45, 7) is 3.36. The molecule has 1 unspecified atom stereocenters. The van der Waals surface area contributed by atoms with Crippen molar-refractivity contribution in [1.29, 1.82) is 0 Å². The van der Waals surface area contributed by atoms with Gasteiger partial charge in [-0.15, -0.1) is 24.8 Å². The van der Waals surface area contributed by atoms with Gasteiger partial charge in [0.1, 0.15) is 0 Å². The average molecular weight is 289 g/mol. The van der Waals surface area contributed by atoms with Crippen LogP contribution in [0.4, 0.5) is 0 Å². The molecule has 2 aliphatic rings. The standard InChI is InChI=1S/C14H20N2.2ClH/c15-13-10-16(11-14(13)7-4-8-14)9-12-5-2-1-3-6-12;;/h1-3,5-6,13H,4,7-11,15H2;2*1H. The zero-order valence-corrected chi connectivity index (χ0v) is 12.2. The monoisotopic (exact) mass is 288 g/mol. The highest BCUT2D eigenvalue weighted by atomic mass is 35.5. The molecule has 1 atom stereocenters. The smallest absolute Gasteiger partial charge is 0.0237 e. The third-order valence-electron chi connectivity index (χ3n) is 4.38. The Morgan fingerprint density at radius 2 is 1.83 bits per heavy atom. The highest BCUT2D eigenvalue weighted by Gasteiger charge is 2.48. The van der Waals surface area contributed by atoms with Crippen LogP contribution in [0.1, 0.15) is 24.8 Å². The molecule has 0 aromatic heterocycles. The van der Waals surface area contributed by atoms with Crippen LogP contribution < -0.4 is 5.73 Å². The molecule has 1 aliphatic carbocycles. The lowest BCUT2D eigenvalue weighted by atomic mass is 9.66. The normalized spacial score (nSPS) is 25.1. The number of hydrogen-bond donors (Lipinski definition) is 1. The SMILES string of the molecule is Cl.Cl.NC1CN(Cc2ccccc2)CC12CCC2. The van der Waals surface area contributed by atoms with E-state index in [2.05, 4.69) is 35.2 Å². The van der Waals surface area contributed by atoms with Crippen molar-refractivity contribution in [2.24, 2.45) is 11.1 Å². The van der Waals surface area contributed by atoms with Crippen LogP contribution in [0.15, 0.2) is 30.3 Å². The maximum absolute atomic E-state index is 6.28. The Morgan fingerprint density at radius 1 is 1.17 bits per heavy atom. The van der Waals surface area contributed by atoms with Gasteiger partial charge < -0.3 is 5.73 Å². The van der Waals surface area contributed by atoms with Gasteiger partial charge in [0.2, 0.25) is 0 Å². The number of halogens is 2. The van der Waals surface area contributed by atoms with Crippen LogP contribution in [-0.2, 0) is 6.54 Å². The van der Waals surface area contributed by atoms with Crippen molar-refractivity contribution >= 4 is 24.8 Å². The molecule has 0 amide bonds. The van der Waals surface area contributed by atoms with Crippen LogP contribution in [0.5, 0.6) is 0 Å². The second-order valence-electron chi connectivity index (χ2n) is 5.48. The summed E-state index contributed by atoms with van der Waals surface area (Å²) in [7, 11) is 0. The molecule has 1 saturated heterocycles. The number of rotatable bonds is 2. The minimum absolute atomic E-state index is 0. The molecule has 102 valence electrons. The highest BCUT2D eigenvalue weighted by molar-refractivity contribution is 5.85. The topological polar surface area (TPSA) is 29.3 Å². The van der Waals surface area contributed by atoms with Gasteiger partial charge in [-0.05, 0) is 23.8 Å². The van der Waals surface area contributed by atoms with Gasteiger partial charge in [0.25, 0.3) is 0 Å². The first-order valence-electron chi connectivity index (χ1n) is 6.30. The van der Waals surface area contributed by atoms with Crippen LogP contribution in [0.3, 0.4) is 0 Å². The fourth-order valence-electron chi connectivity index (χ4n) is 3.22. The van der Waals surface area contributed by atoms with Crippen LogP contribution >= 0.6 is 24.8 Å². The first-order valence-corrected chi connectivity index (χ1v) is 6.30. The Morgan fingerprint density at radius 3 is 2.33 bits per heavy atom. The first-order chi connectivity index (χ1) is 7.78. The third-order valence-corrected chi connectivity index (χ3v) is 4.38. The highest BCUT2D eigenvalue weighted by Crippen LogP contribution is 2.47. The largest absolute Gasteiger partial charge is 0.326 e. The lowest BCUT2D eigenvalue weighted by Crippen LogP contribution is -2.45. The van der Waals surface area contributed by atoms with E-state index in [0.717, 1.165) is 13.1 Å². The van der Waals surface area contributed by atoms with Crippen molar-refractivity contribution in [3.05, 3.63) is 35.9 Å². The van der Waals surface area contributed by atoms with Gasteiger partial charge in [-0.2, -0.15) is 0 Å². The van der Waals surface area contributed by atoms with Gasteiger partial charge in [0.05, 0.1) is 0 Å². The van der Waals surface area contributed by atoms with E-state index in [1.165, 1.54) is 31.4 Å². The molecule has 1 aromatic rings. The number of likely N-dealkylation sites (tertiary alicyclic amines) is 1. The van der Waals surface area contributed by atoms with Crippen molar-refractivity contribution in [2.45, 2.75) is 31.8 Å². The minimum atomic E-state index is 0. The lowest BCUT2D eigenvalue weighted by molar-refractivity contribution is 0.122. The van der Waals surface area contributed by atoms with Gasteiger partial charge in [-0.25, -0.2) is 0 Å². The van der Waals surface area contributed by atoms with E-state index < -0.39 is 0 Å². The van der Waals surface area contributed by atoms with Crippen LogP contribution in [-0.4, -0.2) is 24.0 Å². The summed E-state index contributed by atoms with van der Waals surface area (Å²) in [5, 5.41) is 0. The molecular weight excluding hydrogens is 267 g/mol. The number of nitrogens with two attached hydrogens (primary N) is 1. The molecule has 1 spiro atoms. The Hall–Kier alpha value is -0.280. The summed E-state index contributed by atoms with van der Waals surface area (Å²) in [6, 6.07) is 11.1. The summed E-state index contributed by atoms with van der Waals surface area (Å²) in [5.41, 5.74) is 8.17. The summed E-state index contributed by atoms with van der Waals surface area (Å²) in [6.07, 6.45) is 4.08. The van der Waals surface area contributed by atoms with E-state index >= 15 is 0 Å². The van der Waals surface area contributed by atoms with Crippen molar-refractivity contribution in [1.82, 2.24) is 4.90 Å². The van der Waals surface area contributed by atoms with Gasteiger partial charge in [-0.1, -0.05) is 36.8 Å². The molecule has 2 nitrogen and oxygen atoms in total. The molecule has 3 rings (SSSR count).